The molecule has 0 unspecified atom stereocenters. The summed E-state index contributed by atoms with van der Waals surface area (Å²) in [6.07, 6.45) is 1.03. The summed E-state index contributed by atoms with van der Waals surface area (Å²) in [5, 5.41) is 4.90. The van der Waals surface area contributed by atoms with Crippen molar-refractivity contribution in [1.82, 2.24) is 4.72 Å². The molecule has 86 valence electrons. The van der Waals surface area contributed by atoms with Crippen molar-refractivity contribution in [1.29, 1.82) is 0 Å². The lowest BCUT2D eigenvalue weighted by Gasteiger charge is -1.97. The predicted molar refractivity (Wildman–Crippen MR) is 57.4 cm³/mol. The Morgan fingerprint density at radius 3 is 2.33 bits per heavy atom. The van der Waals surface area contributed by atoms with E-state index in [1.807, 2.05) is 0 Å². The van der Waals surface area contributed by atoms with Crippen LogP contribution in [0.5, 0.6) is 0 Å². The van der Waals surface area contributed by atoms with Gasteiger partial charge >= 0.3 is 0 Å². The fourth-order valence-corrected chi connectivity index (χ4v) is 3.04. The molecule has 0 amide bonds. The lowest BCUT2D eigenvalue weighted by Crippen LogP contribution is -2.20. The molecule has 1 rings (SSSR count). The highest BCUT2D eigenvalue weighted by Gasteiger charge is 2.11. The molecule has 1 heterocycles. The Bertz CT molecular complexity index is 543. The summed E-state index contributed by atoms with van der Waals surface area (Å²) in [4.78, 5) is 0.587. The van der Waals surface area contributed by atoms with E-state index in [4.69, 9.17) is 5.14 Å². The molecule has 1 aromatic rings. The van der Waals surface area contributed by atoms with E-state index in [-0.39, 0.29) is 10.8 Å². The van der Waals surface area contributed by atoms with Crippen LogP contribution in [-0.4, -0.2) is 23.1 Å². The number of rotatable bonds is 4. The lowest BCUT2D eigenvalue weighted by atomic mass is 10.5. The average Bonchev–Trinajstić information content (AvgIpc) is 2.45. The normalized spacial score (nSPS) is 12.9. The molecule has 0 aliphatic rings. The van der Waals surface area contributed by atoms with E-state index in [9.17, 15) is 16.8 Å². The number of sulfonamides is 2. The number of hydrogen-bond donors (Lipinski definition) is 2. The van der Waals surface area contributed by atoms with Gasteiger partial charge in [-0.15, -0.1) is 11.3 Å². The molecule has 0 radical (unpaired) electrons. The molecule has 0 saturated carbocycles. The Kier molecular flexibility index (Phi) is 3.51. The van der Waals surface area contributed by atoms with Crippen molar-refractivity contribution in [2.45, 2.75) is 10.8 Å². The minimum atomic E-state index is -3.69. The maximum atomic E-state index is 10.9. The second kappa shape index (κ2) is 4.18. The maximum absolute atomic E-state index is 10.9. The second-order valence-corrected chi connectivity index (χ2v) is 7.65. The van der Waals surface area contributed by atoms with Crippen LogP contribution in [0, 0.1) is 0 Å². The zero-order chi connectivity index (χ0) is 11.7. The number of primary sulfonamides is 1. The molecule has 0 aliphatic carbocycles. The van der Waals surface area contributed by atoms with Crippen LogP contribution >= 0.6 is 11.3 Å². The zero-order valence-corrected chi connectivity index (χ0v) is 10.2. The highest BCUT2D eigenvalue weighted by molar-refractivity contribution is 7.91. The first-order valence-electron chi connectivity index (χ1n) is 3.74. The van der Waals surface area contributed by atoms with E-state index in [1.165, 1.54) is 12.1 Å². The van der Waals surface area contributed by atoms with Gasteiger partial charge in [0.25, 0.3) is 0 Å². The molecule has 0 atom stereocenters. The molecule has 0 spiro atoms. The Hall–Kier alpha value is -0.480. The first-order chi connectivity index (χ1) is 6.68. The van der Waals surface area contributed by atoms with Crippen LogP contribution in [0.2, 0.25) is 0 Å². The van der Waals surface area contributed by atoms with Gasteiger partial charge in [0, 0.05) is 11.4 Å². The minimum Gasteiger partial charge on any atom is -0.224 e. The van der Waals surface area contributed by atoms with Gasteiger partial charge in [0.05, 0.1) is 6.26 Å². The van der Waals surface area contributed by atoms with Gasteiger partial charge in [-0.3, -0.25) is 0 Å². The van der Waals surface area contributed by atoms with Crippen molar-refractivity contribution in [2.75, 3.05) is 6.26 Å². The van der Waals surface area contributed by atoms with E-state index < -0.39 is 20.0 Å². The van der Waals surface area contributed by atoms with Crippen LogP contribution in [0.15, 0.2) is 16.3 Å². The molecule has 0 saturated heterocycles. The van der Waals surface area contributed by atoms with Gasteiger partial charge < -0.3 is 0 Å². The SMILES string of the molecule is CS(=O)(=O)NCc1ccc(S(N)(=O)=O)s1. The highest BCUT2D eigenvalue weighted by Crippen LogP contribution is 2.19. The van der Waals surface area contributed by atoms with Gasteiger partial charge in [-0.2, -0.15) is 0 Å². The summed E-state index contributed by atoms with van der Waals surface area (Å²) < 4.78 is 45.6. The predicted octanol–water partition coefficient (Wildman–Crippen LogP) is -0.555. The van der Waals surface area contributed by atoms with Gasteiger partial charge in [0.1, 0.15) is 4.21 Å². The van der Waals surface area contributed by atoms with Crippen LogP contribution < -0.4 is 9.86 Å². The third-order valence-electron chi connectivity index (χ3n) is 1.43. The van der Waals surface area contributed by atoms with E-state index >= 15 is 0 Å². The third-order valence-corrected chi connectivity index (χ3v) is 4.62. The maximum Gasteiger partial charge on any atom is 0.247 e. The lowest BCUT2D eigenvalue weighted by molar-refractivity contribution is 0.588. The van der Waals surface area contributed by atoms with Crippen LogP contribution in [-0.2, 0) is 26.6 Å². The van der Waals surface area contributed by atoms with Gasteiger partial charge in [0.2, 0.25) is 20.0 Å². The number of thiophene rings is 1. The van der Waals surface area contributed by atoms with Crippen LogP contribution in [0.4, 0.5) is 0 Å². The van der Waals surface area contributed by atoms with E-state index in [1.54, 1.807) is 0 Å². The summed E-state index contributed by atoms with van der Waals surface area (Å²) in [5.74, 6) is 0. The minimum absolute atomic E-state index is 0.0211. The topological polar surface area (TPSA) is 106 Å². The summed E-state index contributed by atoms with van der Waals surface area (Å²) in [6.45, 7) is 0.0685. The van der Waals surface area contributed by atoms with Crippen molar-refractivity contribution in [3.8, 4) is 0 Å². The summed E-state index contributed by atoms with van der Waals surface area (Å²) in [6, 6.07) is 2.86. The van der Waals surface area contributed by atoms with Crippen molar-refractivity contribution in [3.63, 3.8) is 0 Å². The van der Waals surface area contributed by atoms with Gasteiger partial charge in [-0.1, -0.05) is 0 Å². The Morgan fingerprint density at radius 2 is 1.93 bits per heavy atom. The Labute approximate surface area is 92.2 Å². The second-order valence-electron chi connectivity index (χ2n) is 2.86. The molecule has 9 heteroatoms. The van der Waals surface area contributed by atoms with Gasteiger partial charge in [-0.05, 0) is 12.1 Å². The molecule has 0 aromatic carbocycles. The molecule has 0 bridgehead atoms. The van der Waals surface area contributed by atoms with Gasteiger partial charge in [-0.25, -0.2) is 26.7 Å². The molecule has 0 fully saturated rings. The number of nitrogens with one attached hydrogen (secondary N) is 1. The monoisotopic (exact) mass is 270 g/mol. The number of nitrogens with two attached hydrogens (primary N) is 1. The number of hydrogen-bond acceptors (Lipinski definition) is 5. The standard InChI is InChI=1S/C6H10N2O4S3/c1-14(9,10)8-4-5-2-3-6(13-5)15(7,11)12/h2-3,8H,4H2,1H3,(H2,7,11,12). The van der Waals surface area contributed by atoms with E-state index in [2.05, 4.69) is 4.72 Å². The molecule has 3 N–H and O–H groups in total. The molecular weight excluding hydrogens is 260 g/mol. The van der Waals surface area contributed by atoms with Crippen molar-refractivity contribution in [2.24, 2.45) is 5.14 Å². The third kappa shape index (κ3) is 4.26. The first kappa shape index (κ1) is 12.6. The highest BCUT2D eigenvalue weighted by atomic mass is 32.2. The van der Waals surface area contributed by atoms with Crippen molar-refractivity contribution in [3.05, 3.63) is 17.0 Å². The molecule has 0 aliphatic heterocycles. The largest absolute Gasteiger partial charge is 0.247 e. The average molecular weight is 270 g/mol. The van der Waals surface area contributed by atoms with Crippen molar-refractivity contribution >= 4 is 31.4 Å². The Morgan fingerprint density at radius 1 is 1.33 bits per heavy atom. The summed E-state index contributed by atoms with van der Waals surface area (Å²) >= 11 is 0.941. The van der Waals surface area contributed by atoms with E-state index in [0.717, 1.165) is 17.6 Å². The van der Waals surface area contributed by atoms with Crippen LogP contribution in [0.3, 0.4) is 0 Å². The van der Waals surface area contributed by atoms with Gasteiger partial charge in [0.15, 0.2) is 0 Å². The van der Waals surface area contributed by atoms with Crippen LogP contribution in [0.25, 0.3) is 0 Å². The summed E-state index contributed by atoms with van der Waals surface area (Å²) in [7, 11) is -6.97. The smallest absolute Gasteiger partial charge is 0.224 e. The first-order valence-corrected chi connectivity index (χ1v) is 8.00. The quantitative estimate of drug-likeness (QED) is 0.765. The summed E-state index contributed by atoms with van der Waals surface area (Å²) in [5.41, 5.74) is 0. The molecule has 15 heavy (non-hydrogen) atoms. The fourth-order valence-electron chi connectivity index (χ4n) is 0.808. The molecule has 6 nitrogen and oxygen atoms in total. The molecule has 1 aromatic heterocycles. The zero-order valence-electron chi connectivity index (χ0n) is 7.80. The Balaban J connectivity index is 2.79. The van der Waals surface area contributed by atoms with E-state index in [0.29, 0.717) is 4.88 Å². The van der Waals surface area contributed by atoms with Crippen LogP contribution in [0.1, 0.15) is 4.88 Å². The fraction of sp³-hybridized carbons (Fsp3) is 0.333. The molecular formula is C6H10N2O4S3. The van der Waals surface area contributed by atoms with Crippen molar-refractivity contribution < 1.29 is 16.8 Å².